The number of quaternary nitrogens is 1. The van der Waals surface area contributed by atoms with E-state index in [0.717, 1.165) is 0 Å². The fourth-order valence-electron chi connectivity index (χ4n) is 3.90. The first kappa shape index (κ1) is 26.9. The molecule has 0 fully saturated rings. The summed E-state index contributed by atoms with van der Waals surface area (Å²) in [5.74, 6) is 0. The fourth-order valence-corrected chi connectivity index (χ4v) is 5.56. The van der Waals surface area contributed by atoms with Gasteiger partial charge in [-0.2, -0.15) is 25.3 Å². The van der Waals surface area contributed by atoms with E-state index in [1.165, 1.54) is 54.6 Å². The molecule has 3 aromatic carbocycles. The van der Waals surface area contributed by atoms with Gasteiger partial charge in [-0.15, -0.1) is 0 Å². The van der Waals surface area contributed by atoms with Crippen molar-refractivity contribution in [1.82, 2.24) is 0 Å². The Balaban J connectivity index is 2.05. The van der Waals surface area contributed by atoms with Crippen LogP contribution in [-0.2, 0) is 50.0 Å². The number of nitrogens with zero attached hydrogens (tertiary/aromatic N) is 1. The lowest BCUT2D eigenvalue weighted by atomic mass is 10.1. The summed E-state index contributed by atoms with van der Waals surface area (Å²) in [7, 11) is -11.5. The van der Waals surface area contributed by atoms with Crippen LogP contribution in [0.15, 0.2) is 87.5 Å². The standard InChI is InChI=1S/C22H23NO9S3/c1-23(14-17-5-2-8-20(11-17)33(24,25)26,15-18-6-3-9-21(12-18)34(27,28)29)16-19-7-4-10-22(13-19)35(30,31)32/h2-13H,14-16H2,1H3,(H2-,24,25,26,27,28,29,30,31,32)/p+1. The molecule has 0 bridgehead atoms. The van der Waals surface area contributed by atoms with Gasteiger partial charge >= 0.3 is 0 Å². The van der Waals surface area contributed by atoms with Crippen molar-refractivity contribution in [2.45, 2.75) is 34.3 Å². The van der Waals surface area contributed by atoms with Gasteiger partial charge in [0.15, 0.2) is 0 Å². The zero-order chi connectivity index (χ0) is 26.1. The van der Waals surface area contributed by atoms with E-state index < -0.39 is 30.4 Å². The molecule has 188 valence electrons. The van der Waals surface area contributed by atoms with Crippen LogP contribution in [0, 0.1) is 0 Å². The summed E-state index contributed by atoms with van der Waals surface area (Å²) >= 11 is 0. The van der Waals surface area contributed by atoms with Gasteiger partial charge in [0.05, 0.1) is 21.7 Å². The topological polar surface area (TPSA) is 163 Å². The summed E-state index contributed by atoms with van der Waals surface area (Å²) in [5, 5.41) is 0. The second-order valence-electron chi connectivity index (χ2n) is 8.46. The molecule has 13 heteroatoms. The third-order valence-electron chi connectivity index (χ3n) is 5.28. The van der Waals surface area contributed by atoms with E-state index in [1.807, 2.05) is 0 Å². The van der Waals surface area contributed by atoms with Crippen LogP contribution in [-0.4, -0.2) is 50.4 Å². The molecule has 10 nitrogen and oxygen atoms in total. The minimum absolute atomic E-state index is 0.110. The Bertz CT molecular complexity index is 1380. The maximum atomic E-state index is 11.6. The molecule has 0 aliphatic carbocycles. The van der Waals surface area contributed by atoms with Crippen molar-refractivity contribution in [2.75, 3.05) is 7.05 Å². The highest BCUT2D eigenvalue weighted by molar-refractivity contribution is 7.86. The largest absolute Gasteiger partial charge is 0.315 e. The van der Waals surface area contributed by atoms with Crippen LogP contribution in [0.25, 0.3) is 0 Å². The van der Waals surface area contributed by atoms with Crippen molar-refractivity contribution < 1.29 is 43.4 Å². The average Bonchev–Trinajstić information content (AvgIpc) is 2.72. The zero-order valence-electron chi connectivity index (χ0n) is 18.5. The summed E-state index contributed by atoms with van der Waals surface area (Å²) < 4.78 is 97.8. The van der Waals surface area contributed by atoms with Gasteiger partial charge in [0.2, 0.25) is 0 Å². The van der Waals surface area contributed by atoms with Crippen LogP contribution in [0.3, 0.4) is 0 Å². The molecule has 0 aliphatic rings. The normalized spacial score (nSPS) is 13.0. The Morgan fingerprint density at radius 1 is 0.543 bits per heavy atom. The van der Waals surface area contributed by atoms with Crippen molar-refractivity contribution >= 4 is 30.4 Å². The highest BCUT2D eigenvalue weighted by Crippen LogP contribution is 2.25. The van der Waals surface area contributed by atoms with Gasteiger partial charge in [0, 0.05) is 16.7 Å². The van der Waals surface area contributed by atoms with E-state index in [0.29, 0.717) is 16.7 Å². The molecule has 0 amide bonds. The van der Waals surface area contributed by atoms with E-state index in [-0.39, 0.29) is 38.8 Å². The van der Waals surface area contributed by atoms with Crippen molar-refractivity contribution in [2.24, 2.45) is 0 Å². The highest BCUT2D eigenvalue weighted by atomic mass is 32.2. The van der Waals surface area contributed by atoms with Crippen LogP contribution >= 0.6 is 0 Å². The first-order valence-electron chi connectivity index (χ1n) is 10.1. The van der Waals surface area contributed by atoms with Gasteiger partial charge in [-0.1, -0.05) is 36.4 Å². The van der Waals surface area contributed by atoms with E-state index in [1.54, 1.807) is 25.2 Å². The second kappa shape index (κ2) is 9.78. The van der Waals surface area contributed by atoms with Gasteiger partial charge in [-0.25, -0.2) is 0 Å². The molecule has 0 spiro atoms. The first-order chi connectivity index (χ1) is 16.1. The fraction of sp³-hybridized carbons (Fsp3) is 0.182. The second-order valence-corrected chi connectivity index (χ2v) is 12.7. The minimum Gasteiger partial charge on any atom is -0.315 e. The van der Waals surface area contributed by atoms with Crippen LogP contribution in [0.5, 0.6) is 0 Å². The maximum absolute atomic E-state index is 11.6. The van der Waals surface area contributed by atoms with E-state index in [2.05, 4.69) is 0 Å². The quantitative estimate of drug-likeness (QED) is 0.272. The van der Waals surface area contributed by atoms with Gasteiger partial charge in [-0.05, 0) is 36.4 Å². The van der Waals surface area contributed by atoms with Crippen LogP contribution in [0.1, 0.15) is 16.7 Å². The monoisotopic (exact) mass is 542 g/mol. The summed E-state index contributed by atoms with van der Waals surface area (Å²) in [6.45, 7) is 0.612. The van der Waals surface area contributed by atoms with Crippen LogP contribution in [0.2, 0.25) is 0 Å². The molecule has 0 aliphatic heterocycles. The third-order valence-corrected chi connectivity index (χ3v) is 7.83. The molecule has 0 aromatic heterocycles. The van der Waals surface area contributed by atoms with Gasteiger partial charge < -0.3 is 4.48 Å². The lowest BCUT2D eigenvalue weighted by Crippen LogP contribution is -2.41. The van der Waals surface area contributed by atoms with E-state index >= 15 is 0 Å². The Hall–Kier alpha value is -2.65. The minimum atomic E-state index is -4.44. The number of hydrogen-bond donors (Lipinski definition) is 3. The lowest BCUT2D eigenvalue weighted by Gasteiger charge is -2.35. The zero-order valence-corrected chi connectivity index (χ0v) is 21.0. The van der Waals surface area contributed by atoms with Crippen molar-refractivity contribution in [3.63, 3.8) is 0 Å². The summed E-state index contributed by atoms with van der Waals surface area (Å²) in [4.78, 5) is -0.866. The third kappa shape index (κ3) is 7.41. The van der Waals surface area contributed by atoms with Crippen LogP contribution < -0.4 is 0 Å². The number of rotatable bonds is 9. The molecule has 35 heavy (non-hydrogen) atoms. The first-order valence-corrected chi connectivity index (χ1v) is 14.4. The molecule has 3 aromatic rings. The molecule has 0 atom stereocenters. The maximum Gasteiger partial charge on any atom is 0.294 e. The Kier molecular flexibility index (Phi) is 7.53. The molecule has 0 saturated heterocycles. The van der Waals surface area contributed by atoms with E-state index in [9.17, 15) is 38.9 Å². The summed E-state index contributed by atoms with van der Waals surface area (Å²) in [6.07, 6.45) is 0. The summed E-state index contributed by atoms with van der Waals surface area (Å²) in [5.41, 5.74) is 1.62. The summed E-state index contributed by atoms with van der Waals surface area (Å²) in [6, 6.07) is 17.1. The van der Waals surface area contributed by atoms with Crippen LogP contribution in [0.4, 0.5) is 0 Å². The Morgan fingerprint density at radius 3 is 1.03 bits per heavy atom. The van der Waals surface area contributed by atoms with Gasteiger partial charge in [-0.3, -0.25) is 13.7 Å². The highest BCUT2D eigenvalue weighted by Gasteiger charge is 2.26. The van der Waals surface area contributed by atoms with Crippen molar-refractivity contribution in [3.8, 4) is 0 Å². The molecular weight excluding hydrogens is 518 g/mol. The number of benzene rings is 3. The van der Waals surface area contributed by atoms with Crippen molar-refractivity contribution in [3.05, 3.63) is 89.5 Å². The molecular formula is C22H24NO9S3+. The molecule has 0 unspecified atom stereocenters. The molecule has 0 heterocycles. The lowest BCUT2D eigenvalue weighted by molar-refractivity contribution is -0.948. The SMILES string of the molecule is C[N+](Cc1cccc(S(=O)(=O)O)c1)(Cc1cccc(S(=O)(=O)O)c1)Cc1cccc(S(=O)(=O)O)c1. The smallest absolute Gasteiger partial charge is 0.294 e. The molecule has 3 N–H and O–H groups in total. The van der Waals surface area contributed by atoms with Crippen molar-refractivity contribution in [1.29, 1.82) is 0 Å². The Labute approximate surface area is 204 Å². The molecule has 3 rings (SSSR count). The predicted octanol–water partition coefficient (Wildman–Crippen LogP) is 2.77. The van der Waals surface area contributed by atoms with Gasteiger partial charge in [0.1, 0.15) is 19.6 Å². The predicted molar refractivity (Wildman–Crippen MR) is 126 cm³/mol. The van der Waals surface area contributed by atoms with E-state index in [4.69, 9.17) is 0 Å². The molecule has 0 saturated carbocycles. The Morgan fingerprint density at radius 2 is 0.800 bits per heavy atom. The average molecular weight is 543 g/mol. The molecule has 0 radical (unpaired) electrons. The van der Waals surface area contributed by atoms with Gasteiger partial charge in [0.25, 0.3) is 30.4 Å². The number of hydrogen-bond acceptors (Lipinski definition) is 6.